The number of ether oxygens (including phenoxy) is 4. The summed E-state index contributed by atoms with van der Waals surface area (Å²) < 4.78 is 21.6. The second-order valence-electron chi connectivity index (χ2n) is 21.2. The maximum absolute atomic E-state index is 12.3. The summed E-state index contributed by atoms with van der Waals surface area (Å²) in [5, 5.41) is 51.8. The van der Waals surface area contributed by atoms with Crippen LogP contribution in [0.5, 0.6) is 46.0 Å². The van der Waals surface area contributed by atoms with Gasteiger partial charge in [-0.25, -0.2) is 0 Å². The standard InChI is InChI=1S/C21H23NO3.C20H21NO3.C20H23NO3.C19H21NO3/c1-4-5-6-16-13-17(21(25-3)14-20(16)24)9-12-19(23)15-7-10-18(22-2)11-8-15;1-4-5-15-12-16(20(24-3)13-19(15)23)8-11-18(22)14-6-9-17(21-2)10-7-14;1-4-14-12-16(20(24-5-2)13-19(14)23)8-11-18(22)15-6-9-17(21-3)10-7-15;1-4-23-19-12-18(22)13(2)11-15(19)7-10-17(21)14-5-8-16(20-3)9-6-14/h4-5,7-14,22,24H,6H2,1-3H3;4,6-13,21,23H,1,5H2,2-3H3;6-13,21,23H,4-5H2,1-3H3;5-12,20,22H,4H2,1-3H3/b5-4+,12-9+;2*11-8+;10-7+. The first-order chi connectivity index (χ1) is 46.3. The summed E-state index contributed by atoms with van der Waals surface area (Å²) in [6.07, 6.45) is 20.4. The van der Waals surface area contributed by atoms with E-state index in [4.69, 9.17) is 18.9 Å². The molecule has 8 N–H and O–H groups in total. The third-order valence-electron chi connectivity index (χ3n) is 14.8. The maximum atomic E-state index is 12.3. The molecule has 96 heavy (non-hydrogen) atoms. The van der Waals surface area contributed by atoms with E-state index in [1.165, 1.54) is 38.5 Å². The molecule has 0 saturated carbocycles. The largest absolute Gasteiger partial charge is 0.508 e. The molecule has 0 spiro atoms. The third kappa shape index (κ3) is 22.7. The molecule has 16 nitrogen and oxygen atoms in total. The fourth-order valence-corrected chi connectivity index (χ4v) is 9.30. The van der Waals surface area contributed by atoms with Crippen molar-refractivity contribution in [2.45, 2.75) is 53.9 Å². The Balaban J connectivity index is 0.000000232. The molecule has 0 radical (unpaired) electrons. The molecule has 0 aliphatic heterocycles. The van der Waals surface area contributed by atoms with Crippen molar-refractivity contribution in [3.05, 3.63) is 261 Å². The summed E-state index contributed by atoms with van der Waals surface area (Å²) >= 11 is 0. The first kappa shape index (κ1) is 75.2. The van der Waals surface area contributed by atoms with E-state index in [9.17, 15) is 39.6 Å². The monoisotopic (exact) mass is 1300 g/mol. The molecule has 0 saturated heterocycles. The number of benzene rings is 8. The van der Waals surface area contributed by atoms with Crippen LogP contribution < -0.4 is 40.2 Å². The minimum atomic E-state index is -0.0990. The topological polar surface area (TPSA) is 234 Å². The molecule has 0 unspecified atom stereocenters. The Morgan fingerprint density at radius 3 is 1.01 bits per heavy atom. The van der Waals surface area contributed by atoms with Crippen molar-refractivity contribution >= 4 is 70.2 Å². The molecule has 8 rings (SSSR count). The van der Waals surface area contributed by atoms with Gasteiger partial charge in [0, 0.05) is 120 Å². The van der Waals surface area contributed by atoms with Crippen molar-refractivity contribution in [2.24, 2.45) is 0 Å². The molecule has 0 bridgehead atoms. The lowest BCUT2D eigenvalue weighted by atomic mass is 10.0. The van der Waals surface area contributed by atoms with Crippen LogP contribution in [0.3, 0.4) is 0 Å². The van der Waals surface area contributed by atoms with Crippen LogP contribution >= 0.6 is 0 Å². The van der Waals surface area contributed by atoms with Crippen LogP contribution in [0.1, 0.15) is 114 Å². The van der Waals surface area contributed by atoms with Gasteiger partial charge in [0.25, 0.3) is 0 Å². The lowest BCUT2D eigenvalue weighted by Gasteiger charge is -2.11. The quantitative estimate of drug-likeness (QED) is 0.0136. The number of aromatic hydroxyl groups is 4. The maximum Gasteiger partial charge on any atom is 0.185 e. The van der Waals surface area contributed by atoms with Crippen molar-refractivity contribution in [3.8, 4) is 46.0 Å². The fraction of sp³-hybridized carbons (Fsp3) is 0.200. The fourth-order valence-electron chi connectivity index (χ4n) is 9.30. The van der Waals surface area contributed by atoms with Crippen molar-refractivity contribution in [3.63, 3.8) is 0 Å². The first-order valence-corrected chi connectivity index (χ1v) is 31.3. The highest BCUT2D eigenvalue weighted by Gasteiger charge is 2.14. The number of phenols is 4. The Labute approximate surface area is 564 Å². The van der Waals surface area contributed by atoms with E-state index in [0.717, 1.165) is 67.3 Å². The number of rotatable bonds is 27. The number of nitrogens with one attached hydrogen (secondary N) is 4. The van der Waals surface area contributed by atoms with Gasteiger partial charge in [-0.3, -0.25) is 19.2 Å². The van der Waals surface area contributed by atoms with Crippen LogP contribution in [-0.4, -0.2) is 99.2 Å². The molecule has 8 aromatic carbocycles. The van der Waals surface area contributed by atoms with Gasteiger partial charge in [0.2, 0.25) is 0 Å². The van der Waals surface area contributed by atoms with Crippen molar-refractivity contribution in [2.75, 3.05) is 76.9 Å². The number of hydrogen-bond acceptors (Lipinski definition) is 16. The Kier molecular flexibility index (Phi) is 30.6. The average molecular weight is 1300 g/mol. The zero-order valence-electron chi connectivity index (χ0n) is 56.5. The number of carbonyl (C=O) groups is 4. The molecule has 0 heterocycles. The normalized spacial score (nSPS) is 10.8. The van der Waals surface area contributed by atoms with Crippen LogP contribution in [0.25, 0.3) is 24.3 Å². The lowest BCUT2D eigenvalue weighted by molar-refractivity contribution is 0.103. The summed E-state index contributed by atoms with van der Waals surface area (Å²) in [6.45, 7) is 14.1. The predicted molar refractivity (Wildman–Crippen MR) is 392 cm³/mol. The molecule has 0 atom stereocenters. The second-order valence-corrected chi connectivity index (χ2v) is 21.2. The van der Waals surface area contributed by atoms with Gasteiger partial charge in [0.1, 0.15) is 46.0 Å². The molecule has 0 aliphatic carbocycles. The van der Waals surface area contributed by atoms with Gasteiger partial charge >= 0.3 is 0 Å². The third-order valence-corrected chi connectivity index (χ3v) is 14.8. The Morgan fingerprint density at radius 1 is 0.417 bits per heavy atom. The van der Waals surface area contributed by atoms with E-state index in [2.05, 4.69) is 27.8 Å². The van der Waals surface area contributed by atoms with Gasteiger partial charge in [0.05, 0.1) is 27.4 Å². The van der Waals surface area contributed by atoms with Crippen LogP contribution in [0.15, 0.2) is 195 Å². The van der Waals surface area contributed by atoms with E-state index in [-0.39, 0.29) is 46.1 Å². The highest BCUT2D eigenvalue weighted by molar-refractivity contribution is 6.09. The Bertz CT molecular complexity index is 4050. The molecule has 500 valence electrons. The zero-order valence-corrected chi connectivity index (χ0v) is 56.5. The van der Waals surface area contributed by atoms with Crippen LogP contribution in [0.4, 0.5) is 22.7 Å². The molecule has 16 heteroatoms. The van der Waals surface area contributed by atoms with Gasteiger partial charge in [-0.05, 0) is 239 Å². The minimum Gasteiger partial charge on any atom is -0.508 e. The zero-order chi connectivity index (χ0) is 70.1. The minimum absolute atomic E-state index is 0.0776. The number of allylic oxidation sites excluding steroid dienone is 7. The van der Waals surface area contributed by atoms with Crippen LogP contribution in [0, 0.1) is 6.92 Å². The van der Waals surface area contributed by atoms with Gasteiger partial charge in [-0.2, -0.15) is 0 Å². The number of anilines is 4. The number of hydrogen-bond donors (Lipinski definition) is 8. The predicted octanol–water partition coefficient (Wildman–Crippen LogP) is 16.9. The Morgan fingerprint density at radius 2 is 0.708 bits per heavy atom. The summed E-state index contributed by atoms with van der Waals surface area (Å²) in [5.41, 5.74) is 12.4. The second kappa shape index (κ2) is 39.1. The van der Waals surface area contributed by atoms with E-state index in [1.807, 2.05) is 129 Å². The van der Waals surface area contributed by atoms with Gasteiger partial charge in [0.15, 0.2) is 23.1 Å². The van der Waals surface area contributed by atoms with E-state index >= 15 is 0 Å². The SMILES string of the molecule is C/C=C/Cc1cc(/C=C/C(=O)c2ccc(NC)cc2)c(OC)cc1O.C=CCc1cc(/C=C/C(=O)c2ccc(NC)cc2)c(OC)cc1O.CCOc1cc(O)c(C)cc1/C=C/C(=O)c1ccc(NC)cc1.CCOc1cc(O)c(CC)cc1/C=C/C(=O)c1ccc(NC)cc1. The highest BCUT2D eigenvalue weighted by Crippen LogP contribution is 2.34. The van der Waals surface area contributed by atoms with E-state index < -0.39 is 0 Å². The van der Waals surface area contributed by atoms with Gasteiger partial charge in [-0.1, -0.05) is 25.2 Å². The van der Waals surface area contributed by atoms with Gasteiger partial charge in [-0.15, -0.1) is 6.58 Å². The highest BCUT2D eigenvalue weighted by atomic mass is 16.5. The summed E-state index contributed by atoms with van der Waals surface area (Å²) in [4.78, 5) is 49.2. The van der Waals surface area contributed by atoms with Crippen LogP contribution in [0.2, 0.25) is 0 Å². The molecular weight excluding hydrogens is 1210 g/mol. The smallest absolute Gasteiger partial charge is 0.185 e. The van der Waals surface area contributed by atoms with Crippen molar-refractivity contribution in [1.29, 1.82) is 0 Å². The number of carbonyl (C=O) groups excluding carboxylic acids is 4. The summed E-state index contributed by atoms with van der Waals surface area (Å²) in [7, 11) is 10.4. The van der Waals surface area contributed by atoms with Gasteiger partial charge < -0.3 is 60.6 Å². The van der Waals surface area contributed by atoms with E-state index in [1.54, 1.807) is 122 Å². The molecule has 0 aliphatic rings. The molecule has 0 aromatic heterocycles. The number of ketones is 4. The number of phenolic OH excluding ortho intramolecular Hbond substituents is 4. The molecule has 0 amide bonds. The Hall–Kier alpha value is -11.5. The number of aryl methyl sites for hydroxylation is 2. The van der Waals surface area contributed by atoms with Crippen LogP contribution in [-0.2, 0) is 19.3 Å². The van der Waals surface area contributed by atoms with E-state index in [0.29, 0.717) is 77.7 Å². The first-order valence-electron chi connectivity index (χ1n) is 31.3. The van der Waals surface area contributed by atoms with Crippen molar-refractivity contribution < 1.29 is 58.6 Å². The average Bonchev–Trinajstić information content (AvgIpc) is 0.984. The summed E-state index contributed by atoms with van der Waals surface area (Å²) in [5.74, 6) is 2.54. The molecule has 0 fully saturated rings. The van der Waals surface area contributed by atoms with Crippen molar-refractivity contribution in [1.82, 2.24) is 0 Å². The molecular formula is C80H88N4O12. The molecule has 8 aromatic rings. The summed E-state index contributed by atoms with van der Waals surface area (Å²) in [6, 6.07) is 42.7. The lowest BCUT2D eigenvalue weighted by Crippen LogP contribution is -1.97. The number of methoxy groups -OCH3 is 2.